The highest BCUT2D eigenvalue weighted by atomic mass is 16.3. The fraction of sp³-hybridized carbons (Fsp3) is 0.765. The highest BCUT2D eigenvalue weighted by molar-refractivity contribution is 5.17. The van der Waals surface area contributed by atoms with Crippen molar-refractivity contribution < 1.29 is 4.42 Å². The minimum absolute atomic E-state index is 0.119. The van der Waals surface area contributed by atoms with E-state index < -0.39 is 0 Å². The third-order valence-corrected chi connectivity index (χ3v) is 4.30. The summed E-state index contributed by atoms with van der Waals surface area (Å²) >= 11 is 0. The maximum absolute atomic E-state index is 5.66. The Morgan fingerprint density at radius 2 is 1.95 bits per heavy atom. The number of furan rings is 1. The molecular formula is C17H31N3O. The first kappa shape index (κ1) is 16.5. The van der Waals surface area contributed by atoms with Gasteiger partial charge in [-0.25, -0.2) is 0 Å². The van der Waals surface area contributed by atoms with Crippen molar-refractivity contribution in [3.63, 3.8) is 0 Å². The minimum Gasteiger partial charge on any atom is -0.468 e. The van der Waals surface area contributed by atoms with Crippen LogP contribution in [-0.4, -0.2) is 48.6 Å². The molecule has 2 heterocycles. The van der Waals surface area contributed by atoms with Crippen molar-refractivity contribution in [1.29, 1.82) is 0 Å². The number of likely N-dealkylation sites (tertiary alicyclic amines) is 1. The molecule has 0 aliphatic carbocycles. The first-order valence-electron chi connectivity index (χ1n) is 8.04. The van der Waals surface area contributed by atoms with Gasteiger partial charge in [0.2, 0.25) is 0 Å². The van der Waals surface area contributed by atoms with Gasteiger partial charge in [0.05, 0.1) is 12.8 Å². The minimum atomic E-state index is 0.119. The van der Waals surface area contributed by atoms with E-state index in [-0.39, 0.29) is 5.54 Å². The Morgan fingerprint density at radius 3 is 2.52 bits per heavy atom. The molecule has 1 aromatic rings. The van der Waals surface area contributed by atoms with Crippen LogP contribution in [0.4, 0.5) is 0 Å². The van der Waals surface area contributed by atoms with Crippen LogP contribution in [0.1, 0.15) is 44.9 Å². The monoisotopic (exact) mass is 293 g/mol. The summed E-state index contributed by atoms with van der Waals surface area (Å²) in [5.41, 5.74) is 1.45. The molecule has 1 N–H and O–H groups in total. The number of hydrogen-bond acceptors (Lipinski definition) is 4. The second-order valence-corrected chi connectivity index (χ2v) is 7.44. The van der Waals surface area contributed by atoms with E-state index in [4.69, 9.17) is 4.42 Å². The largest absolute Gasteiger partial charge is 0.468 e. The quantitative estimate of drug-likeness (QED) is 0.904. The van der Waals surface area contributed by atoms with E-state index in [0.717, 1.165) is 24.9 Å². The van der Waals surface area contributed by atoms with Gasteiger partial charge in [-0.05, 0) is 66.9 Å². The number of nitrogens with one attached hydrogen (secondary N) is 1. The summed E-state index contributed by atoms with van der Waals surface area (Å²) in [5, 5.41) is 3.50. The SMILES string of the molecule is CN(C)C1CCN(Cc2ccoc2CNC(C)(C)C)CC1. The second kappa shape index (κ2) is 6.95. The molecule has 1 aromatic heterocycles. The van der Waals surface area contributed by atoms with E-state index in [1.807, 2.05) is 6.26 Å². The van der Waals surface area contributed by atoms with Gasteiger partial charge in [-0.1, -0.05) is 0 Å². The van der Waals surface area contributed by atoms with Gasteiger partial charge < -0.3 is 14.6 Å². The van der Waals surface area contributed by atoms with Crippen LogP contribution in [0.15, 0.2) is 16.7 Å². The fourth-order valence-corrected chi connectivity index (χ4v) is 2.84. The molecule has 1 saturated heterocycles. The molecule has 1 aliphatic heterocycles. The van der Waals surface area contributed by atoms with E-state index in [1.165, 1.54) is 31.5 Å². The van der Waals surface area contributed by atoms with Crippen molar-refractivity contribution in [1.82, 2.24) is 15.1 Å². The first-order valence-corrected chi connectivity index (χ1v) is 8.04. The van der Waals surface area contributed by atoms with Gasteiger partial charge in [0.1, 0.15) is 5.76 Å². The van der Waals surface area contributed by atoms with Gasteiger partial charge in [0.25, 0.3) is 0 Å². The van der Waals surface area contributed by atoms with E-state index in [0.29, 0.717) is 0 Å². The molecule has 0 saturated carbocycles. The standard InChI is InChI=1S/C17H31N3O/c1-17(2,3)18-12-16-14(8-11-21-16)13-20-9-6-15(7-10-20)19(4)5/h8,11,15,18H,6-7,9-10,12-13H2,1-5H3. The highest BCUT2D eigenvalue weighted by Crippen LogP contribution is 2.19. The summed E-state index contributed by atoms with van der Waals surface area (Å²) in [4.78, 5) is 4.90. The van der Waals surface area contributed by atoms with Crippen molar-refractivity contribution in [2.24, 2.45) is 0 Å². The molecule has 0 atom stereocenters. The van der Waals surface area contributed by atoms with Crippen LogP contribution in [0, 0.1) is 0 Å². The Bertz CT molecular complexity index is 425. The van der Waals surface area contributed by atoms with Crippen LogP contribution in [0.5, 0.6) is 0 Å². The molecular weight excluding hydrogens is 262 g/mol. The molecule has 0 bridgehead atoms. The number of piperidine rings is 1. The van der Waals surface area contributed by atoms with E-state index in [1.54, 1.807) is 0 Å². The average molecular weight is 293 g/mol. The van der Waals surface area contributed by atoms with Crippen LogP contribution in [0.2, 0.25) is 0 Å². The maximum atomic E-state index is 5.66. The van der Waals surface area contributed by atoms with Crippen LogP contribution in [0.3, 0.4) is 0 Å². The van der Waals surface area contributed by atoms with Crippen molar-refractivity contribution in [3.05, 3.63) is 23.7 Å². The lowest BCUT2D eigenvalue weighted by Gasteiger charge is -2.35. The van der Waals surface area contributed by atoms with Gasteiger partial charge in [0, 0.05) is 23.7 Å². The summed E-state index contributed by atoms with van der Waals surface area (Å²) in [6, 6.07) is 2.87. The molecule has 4 heteroatoms. The molecule has 4 nitrogen and oxygen atoms in total. The average Bonchev–Trinajstić information content (AvgIpc) is 2.83. The summed E-state index contributed by atoms with van der Waals surface area (Å²) in [5.74, 6) is 1.08. The number of rotatable bonds is 5. The third kappa shape index (κ3) is 5.13. The molecule has 21 heavy (non-hydrogen) atoms. The summed E-state index contributed by atoms with van der Waals surface area (Å²) in [7, 11) is 4.37. The highest BCUT2D eigenvalue weighted by Gasteiger charge is 2.22. The lowest BCUT2D eigenvalue weighted by atomic mass is 10.0. The smallest absolute Gasteiger partial charge is 0.122 e. The summed E-state index contributed by atoms with van der Waals surface area (Å²) < 4.78 is 5.66. The molecule has 1 fully saturated rings. The maximum Gasteiger partial charge on any atom is 0.122 e. The number of nitrogens with zero attached hydrogens (tertiary/aromatic N) is 2. The van der Waals surface area contributed by atoms with Gasteiger partial charge in [-0.2, -0.15) is 0 Å². The van der Waals surface area contributed by atoms with E-state index >= 15 is 0 Å². The zero-order chi connectivity index (χ0) is 15.5. The van der Waals surface area contributed by atoms with Crippen molar-refractivity contribution in [3.8, 4) is 0 Å². The molecule has 2 rings (SSSR count). The molecule has 0 aromatic carbocycles. The Morgan fingerprint density at radius 1 is 1.29 bits per heavy atom. The van der Waals surface area contributed by atoms with Gasteiger partial charge >= 0.3 is 0 Å². The Hall–Kier alpha value is -0.840. The fourth-order valence-electron chi connectivity index (χ4n) is 2.84. The molecule has 0 unspecified atom stereocenters. The zero-order valence-corrected chi connectivity index (χ0v) is 14.3. The lowest BCUT2D eigenvalue weighted by molar-refractivity contribution is 0.139. The second-order valence-electron chi connectivity index (χ2n) is 7.44. The molecule has 0 radical (unpaired) electrons. The molecule has 1 aliphatic rings. The van der Waals surface area contributed by atoms with E-state index in [2.05, 4.69) is 56.0 Å². The predicted molar refractivity (Wildman–Crippen MR) is 87.3 cm³/mol. The van der Waals surface area contributed by atoms with Crippen molar-refractivity contribution in [2.45, 2.75) is 58.3 Å². The third-order valence-electron chi connectivity index (χ3n) is 4.30. The van der Waals surface area contributed by atoms with Gasteiger partial charge in [0.15, 0.2) is 0 Å². The first-order chi connectivity index (χ1) is 9.85. The van der Waals surface area contributed by atoms with Gasteiger partial charge in [-0.3, -0.25) is 4.90 Å². The molecule has 120 valence electrons. The van der Waals surface area contributed by atoms with E-state index in [9.17, 15) is 0 Å². The van der Waals surface area contributed by atoms with Crippen LogP contribution in [0.25, 0.3) is 0 Å². The Balaban J connectivity index is 1.85. The zero-order valence-electron chi connectivity index (χ0n) is 14.3. The van der Waals surface area contributed by atoms with Crippen LogP contribution >= 0.6 is 0 Å². The lowest BCUT2D eigenvalue weighted by Crippen LogP contribution is -2.41. The van der Waals surface area contributed by atoms with Crippen LogP contribution < -0.4 is 5.32 Å². The van der Waals surface area contributed by atoms with Crippen LogP contribution in [-0.2, 0) is 13.1 Å². The molecule has 0 amide bonds. The normalized spacial score (nSPS) is 18.6. The Labute approximate surface area is 129 Å². The molecule has 0 spiro atoms. The topological polar surface area (TPSA) is 31.6 Å². The summed E-state index contributed by atoms with van der Waals surface area (Å²) in [6.07, 6.45) is 4.35. The predicted octanol–water partition coefficient (Wildman–Crippen LogP) is 2.69. The Kier molecular flexibility index (Phi) is 5.47. The van der Waals surface area contributed by atoms with Crippen molar-refractivity contribution >= 4 is 0 Å². The number of hydrogen-bond donors (Lipinski definition) is 1. The van der Waals surface area contributed by atoms with Gasteiger partial charge in [-0.15, -0.1) is 0 Å². The van der Waals surface area contributed by atoms with Crippen molar-refractivity contribution in [2.75, 3.05) is 27.2 Å². The summed E-state index contributed by atoms with van der Waals surface area (Å²) in [6.45, 7) is 10.7.